The molecule has 7 nitrogen and oxygen atoms in total. The average molecular weight is 278 g/mol. The number of hydrogen-bond donors (Lipinski definition) is 0. The third-order valence-corrected chi connectivity index (χ3v) is 3.32. The van der Waals surface area contributed by atoms with E-state index in [1.165, 1.54) is 11.0 Å². The molecule has 108 valence electrons. The SMILES string of the molecule is C=CC(=O)N(C)CC(=O)N1CCCC1c1nc(C)no1. The van der Waals surface area contributed by atoms with Gasteiger partial charge in [-0.3, -0.25) is 9.59 Å². The minimum absolute atomic E-state index is 0.0223. The normalized spacial score (nSPS) is 18.1. The highest BCUT2D eigenvalue weighted by molar-refractivity contribution is 5.90. The van der Waals surface area contributed by atoms with E-state index < -0.39 is 0 Å². The lowest BCUT2D eigenvalue weighted by atomic mass is 10.2. The summed E-state index contributed by atoms with van der Waals surface area (Å²) in [5.74, 6) is 0.619. The van der Waals surface area contributed by atoms with Gasteiger partial charge >= 0.3 is 0 Å². The molecule has 1 unspecified atom stereocenters. The molecule has 0 aliphatic carbocycles. The first-order valence-corrected chi connectivity index (χ1v) is 6.50. The first kappa shape index (κ1) is 14.2. The van der Waals surface area contributed by atoms with Crippen LogP contribution in [-0.2, 0) is 9.59 Å². The number of carbonyl (C=O) groups excluding carboxylic acids is 2. The van der Waals surface area contributed by atoms with Crippen LogP contribution in [0.1, 0.15) is 30.6 Å². The zero-order valence-electron chi connectivity index (χ0n) is 11.7. The standard InChI is InChI=1S/C13H18N4O3/c1-4-11(18)16(3)8-12(19)17-7-5-6-10(17)13-14-9(2)15-20-13/h4,10H,1,5-8H2,2-3H3. The van der Waals surface area contributed by atoms with Crippen molar-refractivity contribution in [1.29, 1.82) is 0 Å². The Hall–Kier alpha value is -2.18. The predicted octanol–water partition coefficient (Wildman–Crippen LogP) is 0.686. The molecule has 2 heterocycles. The van der Waals surface area contributed by atoms with E-state index in [1.807, 2.05) is 0 Å². The maximum Gasteiger partial charge on any atom is 0.249 e. The van der Waals surface area contributed by atoms with Crippen molar-refractivity contribution in [2.75, 3.05) is 20.1 Å². The fourth-order valence-corrected chi connectivity index (χ4v) is 2.30. The van der Waals surface area contributed by atoms with E-state index in [-0.39, 0.29) is 24.4 Å². The van der Waals surface area contributed by atoms with Crippen LogP contribution in [0.5, 0.6) is 0 Å². The first-order chi connectivity index (χ1) is 9.52. The van der Waals surface area contributed by atoms with Crippen LogP contribution in [0.3, 0.4) is 0 Å². The lowest BCUT2D eigenvalue weighted by Gasteiger charge is -2.24. The minimum atomic E-state index is -0.275. The molecule has 1 aromatic heterocycles. The van der Waals surface area contributed by atoms with Gasteiger partial charge in [-0.2, -0.15) is 4.98 Å². The monoisotopic (exact) mass is 278 g/mol. The predicted molar refractivity (Wildman–Crippen MR) is 70.6 cm³/mol. The third kappa shape index (κ3) is 2.87. The minimum Gasteiger partial charge on any atom is -0.337 e. The van der Waals surface area contributed by atoms with Crippen molar-refractivity contribution < 1.29 is 14.1 Å². The van der Waals surface area contributed by atoms with Gasteiger partial charge < -0.3 is 14.3 Å². The second-order valence-corrected chi connectivity index (χ2v) is 4.82. The Morgan fingerprint density at radius 3 is 2.95 bits per heavy atom. The van der Waals surface area contributed by atoms with Gasteiger partial charge in [0, 0.05) is 13.6 Å². The molecule has 0 spiro atoms. The van der Waals surface area contributed by atoms with Gasteiger partial charge in [0.15, 0.2) is 5.82 Å². The van der Waals surface area contributed by atoms with Crippen molar-refractivity contribution in [3.63, 3.8) is 0 Å². The third-order valence-electron chi connectivity index (χ3n) is 3.32. The van der Waals surface area contributed by atoms with Crippen LogP contribution in [0.15, 0.2) is 17.2 Å². The molecule has 0 bridgehead atoms. The van der Waals surface area contributed by atoms with Crippen LogP contribution in [0.4, 0.5) is 0 Å². The number of likely N-dealkylation sites (tertiary alicyclic amines) is 1. The summed E-state index contributed by atoms with van der Waals surface area (Å²) in [5.41, 5.74) is 0. The largest absolute Gasteiger partial charge is 0.337 e. The molecule has 0 saturated carbocycles. The van der Waals surface area contributed by atoms with E-state index in [0.29, 0.717) is 18.3 Å². The van der Waals surface area contributed by atoms with Gasteiger partial charge in [-0.15, -0.1) is 0 Å². The molecule has 0 aromatic carbocycles. The summed E-state index contributed by atoms with van der Waals surface area (Å²) < 4.78 is 5.15. The molecule has 20 heavy (non-hydrogen) atoms. The number of rotatable bonds is 4. The smallest absolute Gasteiger partial charge is 0.249 e. The van der Waals surface area contributed by atoms with E-state index in [0.717, 1.165) is 12.8 Å². The fraction of sp³-hybridized carbons (Fsp3) is 0.538. The zero-order chi connectivity index (χ0) is 14.7. The summed E-state index contributed by atoms with van der Waals surface area (Å²) in [6.45, 7) is 5.81. The van der Waals surface area contributed by atoms with E-state index in [9.17, 15) is 9.59 Å². The van der Waals surface area contributed by atoms with Crippen LogP contribution in [-0.4, -0.2) is 51.9 Å². The van der Waals surface area contributed by atoms with Crippen molar-refractivity contribution in [2.45, 2.75) is 25.8 Å². The van der Waals surface area contributed by atoms with Gasteiger partial charge in [-0.05, 0) is 25.8 Å². The van der Waals surface area contributed by atoms with Gasteiger partial charge in [-0.1, -0.05) is 11.7 Å². The number of hydrogen-bond acceptors (Lipinski definition) is 5. The number of amides is 2. The highest BCUT2D eigenvalue weighted by Crippen LogP contribution is 2.30. The molecular formula is C13H18N4O3. The van der Waals surface area contributed by atoms with E-state index in [4.69, 9.17) is 4.52 Å². The molecule has 1 aromatic rings. The maximum absolute atomic E-state index is 12.3. The van der Waals surface area contributed by atoms with Crippen molar-refractivity contribution >= 4 is 11.8 Å². The van der Waals surface area contributed by atoms with Crippen molar-refractivity contribution in [2.24, 2.45) is 0 Å². The highest BCUT2D eigenvalue weighted by atomic mass is 16.5. The molecule has 1 fully saturated rings. The maximum atomic E-state index is 12.3. The Kier molecular flexibility index (Phi) is 4.16. The fourth-order valence-electron chi connectivity index (χ4n) is 2.30. The van der Waals surface area contributed by atoms with Gasteiger partial charge in [0.25, 0.3) is 0 Å². The van der Waals surface area contributed by atoms with Gasteiger partial charge in [0.1, 0.15) is 6.04 Å². The number of carbonyl (C=O) groups is 2. The lowest BCUT2D eigenvalue weighted by Crippen LogP contribution is -2.40. The number of aryl methyl sites for hydroxylation is 1. The second-order valence-electron chi connectivity index (χ2n) is 4.82. The van der Waals surface area contributed by atoms with Crippen molar-refractivity contribution in [3.05, 3.63) is 24.4 Å². The molecule has 0 radical (unpaired) electrons. The Labute approximate surface area is 117 Å². The summed E-state index contributed by atoms with van der Waals surface area (Å²) in [6.07, 6.45) is 2.87. The molecule has 7 heteroatoms. The molecule has 1 aliphatic rings. The van der Waals surface area contributed by atoms with Crippen LogP contribution in [0.25, 0.3) is 0 Å². The van der Waals surface area contributed by atoms with Crippen LogP contribution >= 0.6 is 0 Å². The number of nitrogens with zero attached hydrogens (tertiary/aromatic N) is 4. The lowest BCUT2D eigenvalue weighted by molar-refractivity contribution is -0.138. The molecule has 1 atom stereocenters. The Morgan fingerprint density at radius 2 is 2.35 bits per heavy atom. The second kappa shape index (κ2) is 5.85. The molecule has 1 saturated heterocycles. The van der Waals surface area contributed by atoms with E-state index in [2.05, 4.69) is 16.7 Å². The quantitative estimate of drug-likeness (QED) is 0.757. The summed E-state index contributed by atoms with van der Waals surface area (Å²) >= 11 is 0. The molecule has 0 N–H and O–H groups in total. The van der Waals surface area contributed by atoms with Crippen molar-refractivity contribution in [1.82, 2.24) is 19.9 Å². The van der Waals surface area contributed by atoms with E-state index in [1.54, 1.807) is 18.9 Å². The summed E-state index contributed by atoms with van der Waals surface area (Å²) in [7, 11) is 1.57. The topological polar surface area (TPSA) is 79.5 Å². The molecular weight excluding hydrogens is 260 g/mol. The van der Waals surface area contributed by atoms with Gasteiger partial charge in [-0.25, -0.2) is 0 Å². The van der Waals surface area contributed by atoms with Gasteiger partial charge in [0.05, 0.1) is 6.54 Å². The van der Waals surface area contributed by atoms with Crippen LogP contribution in [0, 0.1) is 6.92 Å². The molecule has 2 rings (SSSR count). The summed E-state index contributed by atoms with van der Waals surface area (Å²) in [6, 6.07) is -0.184. The van der Waals surface area contributed by atoms with Crippen LogP contribution in [0.2, 0.25) is 0 Å². The number of likely N-dealkylation sites (N-methyl/N-ethyl adjacent to an activating group) is 1. The Morgan fingerprint density at radius 1 is 1.60 bits per heavy atom. The first-order valence-electron chi connectivity index (χ1n) is 6.50. The Bertz CT molecular complexity index is 525. The molecule has 1 aliphatic heterocycles. The summed E-state index contributed by atoms with van der Waals surface area (Å²) in [5, 5.41) is 3.76. The average Bonchev–Trinajstić information content (AvgIpc) is 3.05. The van der Waals surface area contributed by atoms with Gasteiger partial charge in [0.2, 0.25) is 17.7 Å². The Balaban J connectivity index is 2.05. The zero-order valence-corrected chi connectivity index (χ0v) is 11.7. The highest BCUT2D eigenvalue weighted by Gasteiger charge is 2.34. The van der Waals surface area contributed by atoms with Crippen molar-refractivity contribution in [3.8, 4) is 0 Å². The summed E-state index contributed by atoms with van der Waals surface area (Å²) in [4.78, 5) is 30.9. The van der Waals surface area contributed by atoms with Crippen LogP contribution < -0.4 is 0 Å². The molecule has 2 amide bonds. The number of aromatic nitrogens is 2. The van der Waals surface area contributed by atoms with E-state index >= 15 is 0 Å².